The standard InChI is InChI=1S/C18H22O3/c1-18-7-6-13-12(14(18)8-11(19)9-18)4-2-10-3-5-15(20)17(21)16(10)13/h3,5,12-14,20-21H,2,4,6-9H2,1H3/t12-,13+,14+,18-/m1/s1. The minimum absolute atomic E-state index is 0.00904. The smallest absolute Gasteiger partial charge is 0.161 e. The van der Waals surface area contributed by atoms with Crippen molar-refractivity contribution in [1.29, 1.82) is 0 Å². The van der Waals surface area contributed by atoms with E-state index < -0.39 is 0 Å². The van der Waals surface area contributed by atoms with Gasteiger partial charge in [-0.2, -0.15) is 0 Å². The lowest BCUT2D eigenvalue weighted by atomic mass is 9.56. The van der Waals surface area contributed by atoms with Gasteiger partial charge in [-0.3, -0.25) is 4.79 Å². The Morgan fingerprint density at radius 1 is 1.24 bits per heavy atom. The van der Waals surface area contributed by atoms with Crippen LogP contribution in [0.4, 0.5) is 0 Å². The van der Waals surface area contributed by atoms with Crippen LogP contribution >= 0.6 is 0 Å². The number of Topliss-reactive ketones (excluding diaryl/α,β-unsaturated/α-hetero) is 1. The first kappa shape index (κ1) is 13.2. The van der Waals surface area contributed by atoms with Crippen LogP contribution in [0.15, 0.2) is 12.1 Å². The topological polar surface area (TPSA) is 57.5 Å². The van der Waals surface area contributed by atoms with Crippen molar-refractivity contribution >= 4 is 5.78 Å². The van der Waals surface area contributed by atoms with E-state index in [0.717, 1.165) is 37.7 Å². The first-order valence-electron chi connectivity index (χ1n) is 8.05. The Bertz CT molecular complexity index is 621. The second-order valence-corrected chi connectivity index (χ2v) is 7.53. The zero-order valence-corrected chi connectivity index (χ0v) is 12.4. The van der Waals surface area contributed by atoms with Crippen LogP contribution in [-0.2, 0) is 11.2 Å². The van der Waals surface area contributed by atoms with Gasteiger partial charge in [0.25, 0.3) is 0 Å². The van der Waals surface area contributed by atoms with Crippen molar-refractivity contribution in [1.82, 2.24) is 0 Å². The lowest BCUT2D eigenvalue weighted by molar-refractivity contribution is -0.118. The van der Waals surface area contributed by atoms with E-state index in [0.29, 0.717) is 30.0 Å². The monoisotopic (exact) mass is 286 g/mol. The fourth-order valence-electron chi connectivity index (χ4n) is 5.42. The molecule has 2 saturated carbocycles. The first-order chi connectivity index (χ1) is 9.99. The Balaban J connectivity index is 1.78. The van der Waals surface area contributed by atoms with Gasteiger partial charge in [0.2, 0.25) is 0 Å². The summed E-state index contributed by atoms with van der Waals surface area (Å²) in [7, 11) is 0. The highest BCUT2D eigenvalue weighted by atomic mass is 16.3. The largest absolute Gasteiger partial charge is 0.504 e. The second kappa shape index (κ2) is 4.25. The Morgan fingerprint density at radius 3 is 2.86 bits per heavy atom. The minimum atomic E-state index is -0.00904. The summed E-state index contributed by atoms with van der Waals surface area (Å²) in [5.74, 6) is 1.73. The van der Waals surface area contributed by atoms with Crippen molar-refractivity contribution in [3.8, 4) is 11.5 Å². The van der Waals surface area contributed by atoms with Crippen molar-refractivity contribution in [2.24, 2.45) is 17.3 Å². The number of rotatable bonds is 0. The number of phenolic OH excluding ortho intramolecular Hbond substituents is 2. The number of aromatic hydroxyl groups is 2. The highest BCUT2D eigenvalue weighted by Gasteiger charge is 2.53. The molecule has 21 heavy (non-hydrogen) atoms. The Labute approximate surface area is 125 Å². The summed E-state index contributed by atoms with van der Waals surface area (Å²) in [5.41, 5.74) is 2.31. The SMILES string of the molecule is C[C@]12CC[C@@H]3c4c(ccc(O)c4O)CC[C@H]3[C@@H]1CC(=O)C2. The van der Waals surface area contributed by atoms with E-state index >= 15 is 0 Å². The molecule has 0 spiro atoms. The van der Waals surface area contributed by atoms with Gasteiger partial charge in [0.1, 0.15) is 5.78 Å². The van der Waals surface area contributed by atoms with Gasteiger partial charge in [0.05, 0.1) is 0 Å². The molecule has 0 amide bonds. The van der Waals surface area contributed by atoms with Gasteiger partial charge in [0, 0.05) is 18.4 Å². The maximum absolute atomic E-state index is 12.0. The molecule has 3 aliphatic carbocycles. The molecule has 0 heterocycles. The molecule has 3 aliphatic rings. The third-order valence-electron chi connectivity index (χ3n) is 6.41. The van der Waals surface area contributed by atoms with E-state index in [1.54, 1.807) is 6.07 Å². The molecule has 3 nitrogen and oxygen atoms in total. The molecule has 0 unspecified atom stereocenters. The minimum Gasteiger partial charge on any atom is -0.504 e. The fourth-order valence-corrected chi connectivity index (χ4v) is 5.42. The molecule has 3 heteroatoms. The summed E-state index contributed by atoms with van der Waals surface area (Å²) in [6.07, 6.45) is 5.58. The highest BCUT2D eigenvalue weighted by molar-refractivity contribution is 5.82. The summed E-state index contributed by atoms with van der Waals surface area (Å²) in [5, 5.41) is 20.2. The molecule has 112 valence electrons. The zero-order chi connectivity index (χ0) is 14.8. The van der Waals surface area contributed by atoms with Crippen molar-refractivity contribution in [3.63, 3.8) is 0 Å². The van der Waals surface area contributed by atoms with Crippen LogP contribution in [0.25, 0.3) is 0 Å². The molecule has 0 aromatic heterocycles. The normalized spacial score (nSPS) is 37.8. The van der Waals surface area contributed by atoms with E-state index in [1.807, 2.05) is 6.07 Å². The first-order valence-corrected chi connectivity index (χ1v) is 8.05. The van der Waals surface area contributed by atoms with Gasteiger partial charge in [-0.15, -0.1) is 0 Å². The van der Waals surface area contributed by atoms with Gasteiger partial charge < -0.3 is 10.2 Å². The Kier molecular flexibility index (Phi) is 2.66. The van der Waals surface area contributed by atoms with Crippen molar-refractivity contribution in [3.05, 3.63) is 23.3 Å². The Hall–Kier alpha value is -1.51. The number of phenols is 2. The maximum Gasteiger partial charge on any atom is 0.161 e. The van der Waals surface area contributed by atoms with E-state index in [2.05, 4.69) is 6.92 Å². The molecule has 0 bridgehead atoms. The van der Waals surface area contributed by atoms with E-state index in [4.69, 9.17) is 0 Å². The molecule has 4 atom stereocenters. The van der Waals surface area contributed by atoms with Gasteiger partial charge in [-0.05, 0) is 60.5 Å². The third kappa shape index (κ3) is 1.76. The molecule has 4 rings (SSSR count). The predicted molar refractivity (Wildman–Crippen MR) is 79.4 cm³/mol. The van der Waals surface area contributed by atoms with Gasteiger partial charge >= 0.3 is 0 Å². The average Bonchev–Trinajstić information content (AvgIpc) is 2.76. The average molecular weight is 286 g/mol. The van der Waals surface area contributed by atoms with Crippen LogP contribution in [0.1, 0.15) is 56.1 Å². The third-order valence-corrected chi connectivity index (χ3v) is 6.41. The van der Waals surface area contributed by atoms with E-state index in [-0.39, 0.29) is 16.9 Å². The van der Waals surface area contributed by atoms with E-state index in [9.17, 15) is 15.0 Å². The lowest BCUT2D eigenvalue weighted by Crippen LogP contribution is -2.39. The number of hydrogen-bond acceptors (Lipinski definition) is 3. The van der Waals surface area contributed by atoms with Crippen molar-refractivity contribution < 1.29 is 15.0 Å². The maximum atomic E-state index is 12.0. The summed E-state index contributed by atoms with van der Waals surface area (Å²) < 4.78 is 0. The van der Waals surface area contributed by atoms with Gasteiger partial charge in [0.15, 0.2) is 11.5 Å². The number of fused-ring (bicyclic) bond motifs is 5. The molecule has 1 aromatic carbocycles. The van der Waals surface area contributed by atoms with Crippen molar-refractivity contribution in [2.45, 2.75) is 51.4 Å². The summed E-state index contributed by atoms with van der Waals surface area (Å²) in [6, 6.07) is 3.55. The quantitative estimate of drug-likeness (QED) is 0.717. The molecule has 2 N–H and O–H groups in total. The van der Waals surface area contributed by atoms with Crippen LogP contribution in [0, 0.1) is 17.3 Å². The van der Waals surface area contributed by atoms with Crippen LogP contribution in [0.2, 0.25) is 0 Å². The van der Waals surface area contributed by atoms with Crippen LogP contribution < -0.4 is 0 Å². The fraction of sp³-hybridized carbons (Fsp3) is 0.611. The number of aryl methyl sites for hydroxylation is 1. The summed E-state index contributed by atoms with van der Waals surface area (Å²) >= 11 is 0. The van der Waals surface area contributed by atoms with Gasteiger partial charge in [-0.1, -0.05) is 13.0 Å². The molecule has 2 fully saturated rings. The summed E-state index contributed by atoms with van der Waals surface area (Å²) in [4.78, 5) is 12.0. The lowest BCUT2D eigenvalue weighted by Gasteiger charge is -2.48. The van der Waals surface area contributed by atoms with Gasteiger partial charge in [-0.25, -0.2) is 0 Å². The Morgan fingerprint density at radius 2 is 2.05 bits per heavy atom. The molecule has 0 aliphatic heterocycles. The highest BCUT2D eigenvalue weighted by Crippen LogP contribution is 2.61. The molecule has 1 aromatic rings. The number of ketones is 1. The molecular weight excluding hydrogens is 264 g/mol. The zero-order valence-electron chi connectivity index (χ0n) is 12.4. The summed E-state index contributed by atoms with van der Waals surface area (Å²) in [6.45, 7) is 2.27. The molecular formula is C18H22O3. The number of benzene rings is 1. The second-order valence-electron chi connectivity index (χ2n) is 7.53. The number of carbonyl (C=O) groups is 1. The van der Waals surface area contributed by atoms with Crippen molar-refractivity contribution in [2.75, 3.05) is 0 Å². The molecule has 0 saturated heterocycles. The molecule has 0 radical (unpaired) electrons. The van der Waals surface area contributed by atoms with Crippen LogP contribution in [0.3, 0.4) is 0 Å². The van der Waals surface area contributed by atoms with Crippen LogP contribution in [0.5, 0.6) is 11.5 Å². The number of hydrogen-bond donors (Lipinski definition) is 2. The van der Waals surface area contributed by atoms with Crippen LogP contribution in [-0.4, -0.2) is 16.0 Å². The van der Waals surface area contributed by atoms with E-state index in [1.165, 1.54) is 5.56 Å². The predicted octanol–water partition coefficient (Wildman–Crippen LogP) is 3.52. The number of carbonyl (C=O) groups excluding carboxylic acids is 1.